The highest BCUT2D eigenvalue weighted by atomic mass is 16.5. The molecule has 1 heterocycles. The van der Waals surface area contributed by atoms with Crippen LogP contribution in [0.15, 0.2) is 48.5 Å². The Morgan fingerprint density at radius 1 is 1.03 bits per heavy atom. The van der Waals surface area contributed by atoms with Gasteiger partial charge in [-0.05, 0) is 47.9 Å². The smallest absolute Gasteiger partial charge is 0.408 e. The lowest BCUT2D eigenvalue weighted by molar-refractivity contribution is -0.143. The van der Waals surface area contributed by atoms with Gasteiger partial charge in [0.1, 0.15) is 12.1 Å². The third kappa shape index (κ3) is 4.39. The summed E-state index contributed by atoms with van der Waals surface area (Å²) in [6, 6.07) is 15.9. The van der Waals surface area contributed by atoms with Crippen molar-refractivity contribution < 1.29 is 24.2 Å². The number of carboxylic acids is 1. The Balaban J connectivity index is 1.47. The lowest BCUT2D eigenvalue weighted by Gasteiger charge is -2.37. The molecule has 1 atom stereocenters. The summed E-state index contributed by atoms with van der Waals surface area (Å²) in [6.07, 6.45) is 1.49. The molecule has 1 saturated heterocycles. The van der Waals surface area contributed by atoms with E-state index in [1.807, 2.05) is 38.1 Å². The van der Waals surface area contributed by atoms with Gasteiger partial charge < -0.3 is 20.1 Å². The van der Waals surface area contributed by atoms with Gasteiger partial charge in [-0.1, -0.05) is 62.4 Å². The standard InChI is InChI=1S/C27H32N2O5/c1-3-27(4-2,25(32)29-15-9-10-18(29)16-24(30)31)28-26(33)34-17-23-21-13-7-5-11-19(21)20-12-6-8-14-22(20)23/h5-8,11-14,18,23H,3-4,9-10,15-17H2,1-2H3,(H,28,33)(H,30,31)/t18-/m0/s1. The number of nitrogens with zero attached hydrogens (tertiary/aromatic N) is 1. The molecular formula is C27H32N2O5. The van der Waals surface area contributed by atoms with E-state index in [4.69, 9.17) is 4.74 Å². The van der Waals surface area contributed by atoms with E-state index in [-0.39, 0.29) is 30.9 Å². The molecule has 2 aromatic carbocycles. The monoisotopic (exact) mass is 464 g/mol. The number of carbonyl (C=O) groups excluding carboxylic acids is 2. The third-order valence-electron chi connectivity index (χ3n) is 7.35. The number of carboxylic acid groups (broad SMARTS) is 1. The van der Waals surface area contributed by atoms with Crippen LogP contribution in [-0.2, 0) is 14.3 Å². The molecule has 0 saturated carbocycles. The van der Waals surface area contributed by atoms with Crippen molar-refractivity contribution in [2.24, 2.45) is 0 Å². The number of hydrogen-bond donors (Lipinski definition) is 2. The minimum absolute atomic E-state index is 0.0648. The van der Waals surface area contributed by atoms with Gasteiger partial charge in [-0.3, -0.25) is 9.59 Å². The summed E-state index contributed by atoms with van der Waals surface area (Å²) in [4.78, 5) is 39.3. The number of likely N-dealkylation sites (tertiary alicyclic amines) is 1. The number of fused-ring (bicyclic) bond motifs is 3. The van der Waals surface area contributed by atoms with Gasteiger partial charge in [-0.2, -0.15) is 0 Å². The molecule has 0 spiro atoms. The molecule has 0 bridgehead atoms. The fourth-order valence-electron chi connectivity index (χ4n) is 5.40. The second-order valence-corrected chi connectivity index (χ2v) is 9.13. The third-order valence-corrected chi connectivity index (χ3v) is 7.35. The molecule has 7 nitrogen and oxygen atoms in total. The Kier molecular flexibility index (Phi) is 6.91. The molecule has 2 aromatic rings. The summed E-state index contributed by atoms with van der Waals surface area (Å²) < 4.78 is 5.69. The summed E-state index contributed by atoms with van der Waals surface area (Å²) in [7, 11) is 0. The van der Waals surface area contributed by atoms with E-state index in [1.165, 1.54) is 0 Å². The minimum Gasteiger partial charge on any atom is -0.481 e. The minimum atomic E-state index is -1.12. The van der Waals surface area contributed by atoms with Crippen LogP contribution in [0, 0.1) is 0 Å². The first-order valence-electron chi connectivity index (χ1n) is 12.1. The van der Waals surface area contributed by atoms with Crippen LogP contribution in [-0.4, -0.2) is 52.7 Å². The van der Waals surface area contributed by atoms with Crippen LogP contribution < -0.4 is 5.32 Å². The van der Waals surface area contributed by atoms with Crippen LogP contribution in [0.25, 0.3) is 11.1 Å². The van der Waals surface area contributed by atoms with Crippen molar-refractivity contribution in [3.63, 3.8) is 0 Å². The highest BCUT2D eigenvalue weighted by molar-refractivity contribution is 5.90. The zero-order valence-corrected chi connectivity index (χ0v) is 19.8. The number of amides is 2. The summed E-state index contributed by atoms with van der Waals surface area (Å²) in [6.45, 7) is 4.38. The number of aliphatic carboxylic acids is 1. The highest BCUT2D eigenvalue weighted by Crippen LogP contribution is 2.44. The maximum atomic E-state index is 13.5. The lowest BCUT2D eigenvalue weighted by Crippen LogP contribution is -2.60. The highest BCUT2D eigenvalue weighted by Gasteiger charge is 2.44. The summed E-state index contributed by atoms with van der Waals surface area (Å²) >= 11 is 0. The van der Waals surface area contributed by atoms with E-state index in [9.17, 15) is 19.5 Å². The Bertz CT molecular complexity index is 1030. The first-order chi connectivity index (χ1) is 16.4. The topological polar surface area (TPSA) is 95.9 Å². The molecule has 1 aliphatic heterocycles. The number of hydrogen-bond acceptors (Lipinski definition) is 4. The number of ether oxygens (including phenoxy) is 1. The second kappa shape index (κ2) is 9.87. The average molecular weight is 465 g/mol. The van der Waals surface area contributed by atoms with E-state index >= 15 is 0 Å². The van der Waals surface area contributed by atoms with Crippen LogP contribution in [0.5, 0.6) is 0 Å². The van der Waals surface area contributed by atoms with Crippen molar-refractivity contribution in [2.45, 2.75) is 63.5 Å². The molecule has 2 amide bonds. The average Bonchev–Trinajstić information content (AvgIpc) is 3.43. The van der Waals surface area contributed by atoms with Gasteiger partial charge in [-0.15, -0.1) is 0 Å². The number of carbonyl (C=O) groups is 3. The maximum Gasteiger partial charge on any atom is 0.408 e. The molecule has 4 rings (SSSR count). The van der Waals surface area contributed by atoms with Crippen molar-refractivity contribution in [1.82, 2.24) is 10.2 Å². The molecule has 180 valence electrons. The lowest BCUT2D eigenvalue weighted by atomic mass is 9.90. The first-order valence-corrected chi connectivity index (χ1v) is 12.1. The Morgan fingerprint density at radius 3 is 2.18 bits per heavy atom. The van der Waals surface area contributed by atoms with Crippen LogP contribution in [0.4, 0.5) is 4.79 Å². The van der Waals surface area contributed by atoms with Crippen molar-refractivity contribution in [3.8, 4) is 11.1 Å². The van der Waals surface area contributed by atoms with Gasteiger partial charge in [0, 0.05) is 18.5 Å². The van der Waals surface area contributed by atoms with Gasteiger partial charge in [0.05, 0.1) is 6.42 Å². The van der Waals surface area contributed by atoms with Crippen LogP contribution >= 0.6 is 0 Å². The van der Waals surface area contributed by atoms with E-state index in [0.717, 1.165) is 28.7 Å². The van der Waals surface area contributed by atoms with E-state index in [2.05, 4.69) is 29.6 Å². The fraction of sp³-hybridized carbons (Fsp3) is 0.444. The maximum absolute atomic E-state index is 13.5. The van der Waals surface area contributed by atoms with Crippen molar-refractivity contribution in [2.75, 3.05) is 13.2 Å². The largest absolute Gasteiger partial charge is 0.481 e. The zero-order valence-electron chi connectivity index (χ0n) is 19.8. The van der Waals surface area contributed by atoms with E-state index in [1.54, 1.807) is 4.90 Å². The zero-order chi connectivity index (χ0) is 24.3. The molecule has 1 aliphatic carbocycles. The van der Waals surface area contributed by atoms with Crippen molar-refractivity contribution in [1.29, 1.82) is 0 Å². The van der Waals surface area contributed by atoms with Crippen LogP contribution in [0.1, 0.15) is 63.0 Å². The van der Waals surface area contributed by atoms with Gasteiger partial charge in [-0.25, -0.2) is 4.79 Å². The van der Waals surface area contributed by atoms with Crippen LogP contribution in [0.2, 0.25) is 0 Å². The summed E-state index contributed by atoms with van der Waals surface area (Å²) in [5.74, 6) is -1.22. The number of alkyl carbamates (subject to hydrolysis) is 1. The number of nitrogens with one attached hydrogen (secondary N) is 1. The van der Waals surface area contributed by atoms with Gasteiger partial charge in [0.15, 0.2) is 0 Å². The summed E-state index contributed by atoms with van der Waals surface area (Å²) in [5.41, 5.74) is 3.43. The van der Waals surface area contributed by atoms with Gasteiger partial charge >= 0.3 is 12.1 Å². The quantitative estimate of drug-likeness (QED) is 0.598. The number of rotatable bonds is 8. The van der Waals surface area contributed by atoms with Gasteiger partial charge in [0.25, 0.3) is 0 Å². The molecule has 0 radical (unpaired) electrons. The molecule has 2 aliphatic rings. The molecular weight excluding hydrogens is 432 g/mol. The Hall–Kier alpha value is -3.35. The molecule has 0 unspecified atom stereocenters. The number of benzene rings is 2. The van der Waals surface area contributed by atoms with Crippen molar-refractivity contribution >= 4 is 18.0 Å². The predicted molar refractivity (Wildman–Crippen MR) is 129 cm³/mol. The summed E-state index contributed by atoms with van der Waals surface area (Å²) in [5, 5.41) is 12.1. The normalized spacial score (nSPS) is 17.2. The molecule has 7 heteroatoms. The van der Waals surface area contributed by atoms with Crippen LogP contribution in [0.3, 0.4) is 0 Å². The molecule has 2 N–H and O–H groups in total. The van der Waals surface area contributed by atoms with E-state index in [0.29, 0.717) is 25.8 Å². The molecule has 0 aromatic heterocycles. The molecule has 1 fully saturated rings. The Morgan fingerprint density at radius 2 is 1.62 bits per heavy atom. The fourth-order valence-corrected chi connectivity index (χ4v) is 5.40. The second-order valence-electron chi connectivity index (χ2n) is 9.13. The van der Waals surface area contributed by atoms with E-state index < -0.39 is 17.6 Å². The first kappa shape index (κ1) is 23.8. The van der Waals surface area contributed by atoms with Gasteiger partial charge in [0.2, 0.25) is 5.91 Å². The molecule has 34 heavy (non-hydrogen) atoms. The SMILES string of the molecule is CCC(CC)(NC(=O)OCC1c2ccccc2-c2ccccc21)C(=O)N1CCC[C@H]1CC(=O)O. The predicted octanol–water partition coefficient (Wildman–Crippen LogP) is 4.55. The Labute approximate surface area is 200 Å². The van der Waals surface area contributed by atoms with Crippen molar-refractivity contribution in [3.05, 3.63) is 59.7 Å².